The van der Waals surface area contributed by atoms with Gasteiger partial charge in [-0.3, -0.25) is 0 Å². The molecule has 0 atom stereocenters. The summed E-state index contributed by atoms with van der Waals surface area (Å²) in [6.45, 7) is 0. The molecule has 0 saturated heterocycles. The lowest BCUT2D eigenvalue weighted by atomic mass is 10.2. The molecule has 6 heteroatoms. The molecule has 0 saturated carbocycles. The highest BCUT2D eigenvalue weighted by Gasteiger charge is 2.30. The molecule has 19 heavy (non-hydrogen) atoms. The first-order valence-electron chi connectivity index (χ1n) is 5.26. The number of nitrogens with two attached hydrogens (primary N) is 1. The van der Waals surface area contributed by atoms with E-state index in [9.17, 15) is 13.2 Å². The van der Waals surface area contributed by atoms with Crippen LogP contribution in [0.1, 0.15) is 5.56 Å². The van der Waals surface area contributed by atoms with Crippen LogP contribution in [-0.2, 0) is 6.18 Å². The molecular formula is C13H9F3INO. The van der Waals surface area contributed by atoms with Gasteiger partial charge < -0.3 is 10.5 Å². The smallest absolute Gasteiger partial charge is 0.416 e. The van der Waals surface area contributed by atoms with E-state index in [1.807, 2.05) is 6.07 Å². The number of rotatable bonds is 2. The van der Waals surface area contributed by atoms with Gasteiger partial charge in [0.2, 0.25) is 0 Å². The Morgan fingerprint density at radius 1 is 1.05 bits per heavy atom. The topological polar surface area (TPSA) is 35.2 Å². The van der Waals surface area contributed by atoms with Gasteiger partial charge in [0, 0.05) is 3.57 Å². The minimum Gasteiger partial charge on any atom is -0.455 e. The summed E-state index contributed by atoms with van der Waals surface area (Å²) in [5, 5.41) is 0. The Kier molecular flexibility index (Phi) is 3.88. The lowest BCUT2D eigenvalue weighted by Gasteiger charge is -2.12. The molecule has 2 aromatic carbocycles. The zero-order valence-corrected chi connectivity index (χ0v) is 11.7. The quantitative estimate of drug-likeness (QED) is 0.607. The summed E-state index contributed by atoms with van der Waals surface area (Å²) >= 11 is 2.11. The Morgan fingerprint density at radius 3 is 2.37 bits per heavy atom. The summed E-state index contributed by atoms with van der Waals surface area (Å²) < 4.78 is 43.9. The number of nitrogen functional groups attached to an aromatic ring is 1. The highest BCUT2D eigenvalue weighted by atomic mass is 127. The minimum absolute atomic E-state index is 0.0475. The van der Waals surface area contributed by atoms with Gasteiger partial charge in [0.05, 0.1) is 11.3 Å². The van der Waals surface area contributed by atoms with Crippen molar-refractivity contribution in [3.8, 4) is 11.5 Å². The average Bonchev–Trinajstić information content (AvgIpc) is 2.30. The van der Waals surface area contributed by atoms with Crippen LogP contribution in [0.5, 0.6) is 11.5 Å². The van der Waals surface area contributed by atoms with E-state index in [1.165, 1.54) is 6.07 Å². The van der Waals surface area contributed by atoms with Crippen molar-refractivity contribution in [1.29, 1.82) is 0 Å². The van der Waals surface area contributed by atoms with Crippen LogP contribution in [0.4, 0.5) is 18.9 Å². The number of alkyl halides is 3. The molecule has 0 spiro atoms. The highest BCUT2D eigenvalue weighted by Crippen LogP contribution is 2.35. The Hall–Kier alpha value is -1.44. The van der Waals surface area contributed by atoms with Crippen LogP contribution in [0.3, 0.4) is 0 Å². The highest BCUT2D eigenvalue weighted by molar-refractivity contribution is 14.1. The molecule has 0 fully saturated rings. The first-order chi connectivity index (χ1) is 8.86. The van der Waals surface area contributed by atoms with Crippen LogP contribution in [-0.4, -0.2) is 0 Å². The fourth-order valence-corrected chi connectivity index (χ4v) is 1.99. The third kappa shape index (κ3) is 3.52. The van der Waals surface area contributed by atoms with E-state index in [1.54, 1.807) is 18.2 Å². The lowest BCUT2D eigenvalue weighted by Crippen LogP contribution is -2.05. The van der Waals surface area contributed by atoms with Gasteiger partial charge in [-0.2, -0.15) is 13.2 Å². The summed E-state index contributed by atoms with van der Waals surface area (Å²) in [5.41, 5.74) is 4.74. The lowest BCUT2D eigenvalue weighted by molar-refractivity contribution is -0.137. The molecule has 100 valence electrons. The first-order valence-corrected chi connectivity index (χ1v) is 6.34. The van der Waals surface area contributed by atoms with Gasteiger partial charge in [0.15, 0.2) is 0 Å². The molecule has 0 aromatic heterocycles. The van der Waals surface area contributed by atoms with E-state index < -0.39 is 11.7 Å². The molecular weight excluding hydrogens is 370 g/mol. The van der Waals surface area contributed by atoms with E-state index in [4.69, 9.17) is 10.5 Å². The summed E-state index contributed by atoms with van der Waals surface area (Å²) in [6.07, 6.45) is -4.41. The van der Waals surface area contributed by atoms with Gasteiger partial charge >= 0.3 is 6.18 Å². The molecule has 0 amide bonds. The number of benzene rings is 2. The number of ether oxygens (including phenoxy) is 1. The molecule has 0 bridgehead atoms. The fraction of sp³-hybridized carbons (Fsp3) is 0.0769. The monoisotopic (exact) mass is 379 g/mol. The van der Waals surface area contributed by atoms with Gasteiger partial charge in [0.1, 0.15) is 11.5 Å². The molecule has 0 unspecified atom stereocenters. The van der Waals surface area contributed by atoms with Crippen LogP contribution >= 0.6 is 22.6 Å². The average molecular weight is 379 g/mol. The molecule has 2 nitrogen and oxygen atoms in total. The molecule has 0 radical (unpaired) electrons. The molecule has 2 aromatic rings. The van der Waals surface area contributed by atoms with Crippen molar-refractivity contribution < 1.29 is 17.9 Å². The molecule has 0 aliphatic carbocycles. The summed E-state index contributed by atoms with van der Waals surface area (Å²) in [5.74, 6) is 0.730. The van der Waals surface area contributed by atoms with E-state index >= 15 is 0 Å². The summed E-state index contributed by atoms with van der Waals surface area (Å²) in [4.78, 5) is 0. The van der Waals surface area contributed by atoms with E-state index in [2.05, 4.69) is 22.6 Å². The second-order valence-electron chi connectivity index (χ2n) is 3.81. The van der Waals surface area contributed by atoms with Crippen molar-refractivity contribution in [3.05, 3.63) is 51.6 Å². The minimum atomic E-state index is -4.41. The van der Waals surface area contributed by atoms with Crippen molar-refractivity contribution in [2.24, 2.45) is 0 Å². The maximum Gasteiger partial charge on any atom is 0.416 e. The Labute approximate surface area is 121 Å². The van der Waals surface area contributed by atoms with E-state index in [0.29, 0.717) is 5.75 Å². The molecule has 0 heterocycles. The van der Waals surface area contributed by atoms with Crippen molar-refractivity contribution in [2.45, 2.75) is 6.18 Å². The van der Waals surface area contributed by atoms with Crippen LogP contribution in [0, 0.1) is 3.57 Å². The van der Waals surface area contributed by atoms with Crippen molar-refractivity contribution >= 4 is 28.3 Å². The summed E-state index contributed by atoms with van der Waals surface area (Å²) in [7, 11) is 0. The number of hydrogen-bond donors (Lipinski definition) is 1. The van der Waals surface area contributed by atoms with Gasteiger partial charge in [-0.25, -0.2) is 0 Å². The van der Waals surface area contributed by atoms with Crippen LogP contribution in [0.15, 0.2) is 42.5 Å². The molecule has 0 aliphatic rings. The SMILES string of the molecule is Nc1cc(C(F)(F)F)ccc1Oc1cccc(I)c1. The normalized spacial score (nSPS) is 11.4. The Bertz CT molecular complexity index is 599. The van der Waals surface area contributed by atoms with Crippen molar-refractivity contribution in [1.82, 2.24) is 0 Å². The Balaban J connectivity index is 2.27. The molecule has 2 rings (SSSR count). The van der Waals surface area contributed by atoms with Crippen molar-refractivity contribution in [2.75, 3.05) is 5.73 Å². The zero-order valence-electron chi connectivity index (χ0n) is 9.54. The predicted octanol–water partition coefficient (Wildman–Crippen LogP) is 4.68. The number of halogens is 4. The third-order valence-corrected chi connectivity index (χ3v) is 3.03. The van der Waals surface area contributed by atoms with Gasteiger partial charge in [-0.05, 0) is 59.0 Å². The number of anilines is 1. The second-order valence-corrected chi connectivity index (χ2v) is 5.06. The standard InChI is InChI=1S/C13H9F3INO/c14-13(15,16)8-4-5-12(11(18)6-8)19-10-3-1-2-9(17)7-10/h1-7H,18H2. The zero-order chi connectivity index (χ0) is 14.0. The first kappa shape index (κ1) is 14.0. The van der Waals surface area contributed by atoms with E-state index in [0.717, 1.165) is 15.7 Å². The second kappa shape index (κ2) is 5.28. The maximum absolute atomic E-state index is 12.5. The van der Waals surface area contributed by atoms with Gasteiger partial charge in [-0.15, -0.1) is 0 Å². The molecule has 0 aliphatic heterocycles. The van der Waals surface area contributed by atoms with Crippen LogP contribution in [0.25, 0.3) is 0 Å². The largest absolute Gasteiger partial charge is 0.455 e. The van der Waals surface area contributed by atoms with Gasteiger partial charge in [0.25, 0.3) is 0 Å². The van der Waals surface area contributed by atoms with Crippen LogP contribution in [0.2, 0.25) is 0 Å². The fourth-order valence-electron chi connectivity index (χ4n) is 1.48. The Morgan fingerprint density at radius 2 is 1.79 bits per heavy atom. The maximum atomic E-state index is 12.5. The van der Waals surface area contributed by atoms with E-state index in [-0.39, 0.29) is 11.4 Å². The number of hydrogen-bond acceptors (Lipinski definition) is 2. The molecule has 2 N–H and O–H groups in total. The van der Waals surface area contributed by atoms with Crippen molar-refractivity contribution in [3.63, 3.8) is 0 Å². The predicted molar refractivity (Wildman–Crippen MR) is 75.1 cm³/mol. The van der Waals surface area contributed by atoms with Gasteiger partial charge in [-0.1, -0.05) is 6.07 Å². The third-order valence-electron chi connectivity index (χ3n) is 2.36. The summed E-state index contributed by atoms with van der Waals surface area (Å²) in [6, 6.07) is 10.2. The van der Waals surface area contributed by atoms with Crippen LogP contribution < -0.4 is 10.5 Å².